The van der Waals surface area contributed by atoms with Crippen molar-refractivity contribution in [2.45, 2.75) is 13.0 Å². The lowest BCUT2D eigenvalue weighted by molar-refractivity contribution is -0.130. The van der Waals surface area contributed by atoms with Crippen LogP contribution in [0.15, 0.2) is 30.6 Å². The molecule has 5 nitrogen and oxygen atoms in total. The molecule has 0 aliphatic carbocycles. The number of benzene rings is 1. The monoisotopic (exact) mass is 276 g/mol. The summed E-state index contributed by atoms with van der Waals surface area (Å²) in [7, 11) is 1.75. The third-order valence-corrected chi connectivity index (χ3v) is 3.16. The largest absolute Gasteiger partial charge is 0.393 e. The molecule has 0 radical (unpaired) electrons. The molecular weight excluding hydrogens is 260 g/mol. The van der Waals surface area contributed by atoms with E-state index in [1.54, 1.807) is 18.3 Å². The summed E-state index contributed by atoms with van der Waals surface area (Å²) in [5.74, 6) is 0.0133. The van der Waals surface area contributed by atoms with Crippen molar-refractivity contribution in [3.8, 4) is 0 Å². The van der Waals surface area contributed by atoms with E-state index in [9.17, 15) is 4.79 Å². The Bertz CT molecular complexity index is 607. The summed E-state index contributed by atoms with van der Waals surface area (Å²) >= 11 is 4.80. The number of amides is 1. The summed E-state index contributed by atoms with van der Waals surface area (Å²) in [5.41, 5.74) is 7.28. The fraction of sp³-hybridized carbons (Fsp3) is 0.308. The SMILES string of the molecule is CN(CCC(N)=S)C(=O)Cn1cnc2ccccc21. The van der Waals surface area contributed by atoms with E-state index in [0.717, 1.165) is 11.0 Å². The first-order chi connectivity index (χ1) is 9.08. The van der Waals surface area contributed by atoms with Gasteiger partial charge in [0, 0.05) is 20.0 Å². The number of hydrogen-bond acceptors (Lipinski definition) is 3. The van der Waals surface area contributed by atoms with Crippen molar-refractivity contribution < 1.29 is 4.79 Å². The summed E-state index contributed by atoms with van der Waals surface area (Å²) in [4.78, 5) is 18.4. The highest BCUT2D eigenvalue weighted by molar-refractivity contribution is 7.80. The van der Waals surface area contributed by atoms with Gasteiger partial charge in [0.1, 0.15) is 6.54 Å². The molecule has 1 heterocycles. The van der Waals surface area contributed by atoms with Crippen molar-refractivity contribution in [2.75, 3.05) is 13.6 Å². The van der Waals surface area contributed by atoms with Gasteiger partial charge in [-0.05, 0) is 12.1 Å². The van der Waals surface area contributed by atoms with Gasteiger partial charge < -0.3 is 15.2 Å². The fourth-order valence-corrected chi connectivity index (χ4v) is 1.90. The number of fused-ring (bicyclic) bond motifs is 1. The number of para-hydroxylation sites is 2. The second-order valence-corrected chi connectivity index (χ2v) is 4.92. The Morgan fingerprint density at radius 2 is 2.21 bits per heavy atom. The van der Waals surface area contributed by atoms with Crippen LogP contribution in [0.5, 0.6) is 0 Å². The molecule has 0 atom stereocenters. The van der Waals surface area contributed by atoms with Crippen LogP contribution >= 0.6 is 12.2 Å². The third kappa shape index (κ3) is 3.29. The minimum atomic E-state index is 0.0133. The zero-order valence-corrected chi connectivity index (χ0v) is 11.6. The lowest BCUT2D eigenvalue weighted by atomic mass is 10.3. The van der Waals surface area contributed by atoms with Crippen LogP contribution in [0.2, 0.25) is 0 Å². The lowest BCUT2D eigenvalue weighted by Gasteiger charge is -2.17. The van der Waals surface area contributed by atoms with Gasteiger partial charge in [0.05, 0.1) is 22.3 Å². The normalized spacial score (nSPS) is 10.6. The molecule has 0 aliphatic heterocycles. The van der Waals surface area contributed by atoms with Gasteiger partial charge in [-0.15, -0.1) is 0 Å². The van der Waals surface area contributed by atoms with Gasteiger partial charge in [-0.2, -0.15) is 0 Å². The number of thiocarbonyl (C=S) groups is 1. The van der Waals surface area contributed by atoms with E-state index in [0.29, 0.717) is 18.0 Å². The maximum Gasteiger partial charge on any atom is 0.242 e. The predicted octanol–water partition coefficient (Wildman–Crippen LogP) is 1.17. The number of likely N-dealkylation sites (N-methyl/N-ethyl adjacent to an activating group) is 1. The Labute approximate surface area is 117 Å². The number of nitrogens with two attached hydrogens (primary N) is 1. The Morgan fingerprint density at radius 3 is 2.95 bits per heavy atom. The second kappa shape index (κ2) is 5.79. The molecule has 6 heteroatoms. The number of nitrogens with zero attached hydrogens (tertiary/aromatic N) is 3. The van der Waals surface area contributed by atoms with E-state index < -0.39 is 0 Å². The van der Waals surface area contributed by atoms with Crippen molar-refractivity contribution in [1.82, 2.24) is 14.5 Å². The predicted molar refractivity (Wildman–Crippen MR) is 78.8 cm³/mol. The average Bonchev–Trinajstić information content (AvgIpc) is 2.79. The van der Waals surface area contributed by atoms with Crippen molar-refractivity contribution in [1.29, 1.82) is 0 Å². The number of rotatable bonds is 5. The van der Waals surface area contributed by atoms with E-state index in [1.807, 2.05) is 28.8 Å². The molecular formula is C13H16N4OS. The average molecular weight is 276 g/mol. The molecule has 1 amide bonds. The molecule has 0 spiro atoms. The molecule has 0 unspecified atom stereocenters. The Balaban J connectivity index is 2.04. The van der Waals surface area contributed by atoms with Gasteiger partial charge in [0.15, 0.2) is 0 Å². The minimum absolute atomic E-state index is 0.0133. The summed E-state index contributed by atoms with van der Waals surface area (Å²) in [6.45, 7) is 0.815. The summed E-state index contributed by atoms with van der Waals surface area (Å²) in [6.07, 6.45) is 2.23. The minimum Gasteiger partial charge on any atom is -0.393 e. The third-order valence-electron chi connectivity index (χ3n) is 2.95. The highest BCUT2D eigenvalue weighted by atomic mass is 32.1. The summed E-state index contributed by atoms with van der Waals surface area (Å²) in [5, 5.41) is 0. The smallest absolute Gasteiger partial charge is 0.242 e. The van der Waals surface area contributed by atoms with Crippen molar-refractivity contribution in [3.63, 3.8) is 0 Å². The maximum atomic E-state index is 12.1. The van der Waals surface area contributed by atoms with Gasteiger partial charge >= 0.3 is 0 Å². The standard InChI is InChI=1S/C13H16N4OS/c1-16(7-6-12(14)19)13(18)8-17-9-15-10-4-2-3-5-11(10)17/h2-5,9H,6-8H2,1H3,(H2,14,19). The van der Waals surface area contributed by atoms with Gasteiger partial charge in [-0.1, -0.05) is 24.4 Å². The van der Waals surface area contributed by atoms with Crippen LogP contribution in [0, 0.1) is 0 Å². The molecule has 0 fully saturated rings. The Morgan fingerprint density at radius 1 is 1.47 bits per heavy atom. The number of carbonyl (C=O) groups is 1. The van der Waals surface area contributed by atoms with Crippen molar-refractivity contribution in [2.24, 2.45) is 5.73 Å². The van der Waals surface area contributed by atoms with Gasteiger partial charge in [-0.3, -0.25) is 4.79 Å². The molecule has 100 valence electrons. The van der Waals surface area contributed by atoms with Gasteiger partial charge in [-0.25, -0.2) is 4.98 Å². The highest BCUT2D eigenvalue weighted by Crippen LogP contribution is 2.11. The van der Waals surface area contributed by atoms with Crippen LogP contribution in [0.4, 0.5) is 0 Å². The van der Waals surface area contributed by atoms with Crippen LogP contribution < -0.4 is 5.73 Å². The Kier molecular flexibility index (Phi) is 4.11. The first-order valence-corrected chi connectivity index (χ1v) is 6.41. The van der Waals surface area contributed by atoms with E-state index in [4.69, 9.17) is 18.0 Å². The van der Waals surface area contributed by atoms with E-state index >= 15 is 0 Å². The number of aromatic nitrogens is 2. The highest BCUT2D eigenvalue weighted by Gasteiger charge is 2.11. The number of imidazole rings is 1. The number of hydrogen-bond donors (Lipinski definition) is 1. The molecule has 19 heavy (non-hydrogen) atoms. The van der Waals surface area contributed by atoms with Crippen molar-refractivity contribution >= 4 is 34.1 Å². The zero-order valence-electron chi connectivity index (χ0n) is 10.7. The zero-order chi connectivity index (χ0) is 13.8. The summed E-state index contributed by atoms with van der Waals surface area (Å²) in [6, 6.07) is 7.73. The van der Waals surface area contributed by atoms with Gasteiger partial charge in [0.2, 0.25) is 5.91 Å². The van der Waals surface area contributed by atoms with E-state index in [1.165, 1.54) is 0 Å². The lowest BCUT2D eigenvalue weighted by Crippen LogP contribution is -2.32. The van der Waals surface area contributed by atoms with Crippen LogP contribution in [0.25, 0.3) is 11.0 Å². The second-order valence-electron chi connectivity index (χ2n) is 4.39. The van der Waals surface area contributed by atoms with Crippen LogP contribution in [0.3, 0.4) is 0 Å². The molecule has 0 bridgehead atoms. The topological polar surface area (TPSA) is 64.2 Å². The van der Waals surface area contributed by atoms with E-state index in [-0.39, 0.29) is 12.5 Å². The molecule has 1 aromatic carbocycles. The maximum absolute atomic E-state index is 12.1. The molecule has 2 N–H and O–H groups in total. The first-order valence-electron chi connectivity index (χ1n) is 6.00. The van der Waals surface area contributed by atoms with Crippen LogP contribution in [-0.2, 0) is 11.3 Å². The Hall–Kier alpha value is -1.95. The van der Waals surface area contributed by atoms with Crippen molar-refractivity contribution in [3.05, 3.63) is 30.6 Å². The molecule has 1 aromatic heterocycles. The van der Waals surface area contributed by atoms with Gasteiger partial charge in [0.25, 0.3) is 0 Å². The van der Waals surface area contributed by atoms with Crippen LogP contribution in [0.1, 0.15) is 6.42 Å². The molecule has 0 saturated carbocycles. The molecule has 0 saturated heterocycles. The quantitative estimate of drug-likeness (QED) is 0.833. The molecule has 0 aliphatic rings. The molecule has 2 aromatic rings. The summed E-state index contributed by atoms with van der Waals surface area (Å²) < 4.78 is 1.84. The van der Waals surface area contributed by atoms with E-state index in [2.05, 4.69) is 4.98 Å². The van der Waals surface area contributed by atoms with Crippen LogP contribution in [-0.4, -0.2) is 38.9 Å². The number of carbonyl (C=O) groups excluding carboxylic acids is 1. The first kappa shape index (κ1) is 13.5. The molecule has 2 rings (SSSR count). The fourth-order valence-electron chi connectivity index (χ4n) is 1.81.